The van der Waals surface area contributed by atoms with Crippen LogP contribution in [0.25, 0.3) is 0 Å². The molecular weight excluding hydrogens is 361 g/mol. The number of nitrogens with one attached hydrogen (secondary N) is 1. The number of alkyl halides is 3. The van der Waals surface area contributed by atoms with Crippen molar-refractivity contribution in [3.63, 3.8) is 0 Å². The SMILES string of the molecule is O=C1CC(c2cc(N3C(=O)c4ccccc4C3=O)cc(C(F)(F)F)c2)CN1. The first-order valence-corrected chi connectivity index (χ1v) is 8.22. The zero-order valence-corrected chi connectivity index (χ0v) is 13.8. The van der Waals surface area contributed by atoms with E-state index in [1.807, 2.05) is 0 Å². The maximum absolute atomic E-state index is 13.4. The lowest BCUT2D eigenvalue weighted by atomic mass is 9.95. The van der Waals surface area contributed by atoms with Crippen molar-refractivity contribution in [1.29, 1.82) is 0 Å². The van der Waals surface area contributed by atoms with E-state index in [4.69, 9.17) is 0 Å². The van der Waals surface area contributed by atoms with E-state index in [9.17, 15) is 27.6 Å². The summed E-state index contributed by atoms with van der Waals surface area (Å²) in [6, 6.07) is 9.22. The summed E-state index contributed by atoms with van der Waals surface area (Å²) < 4.78 is 40.2. The van der Waals surface area contributed by atoms with Crippen LogP contribution in [0, 0.1) is 0 Å². The highest BCUT2D eigenvalue weighted by Crippen LogP contribution is 2.38. The van der Waals surface area contributed by atoms with E-state index in [0.29, 0.717) is 0 Å². The van der Waals surface area contributed by atoms with Crippen LogP contribution in [0.2, 0.25) is 0 Å². The number of carbonyl (C=O) groups is 3. The number of carbonyl (C=O) groups excluding carboxylic acids is 3. The number of benzene rings is 2. The molecule has 0 aliphatic carbocycles. The molecule has 0 bridgehead atoms. The lowest BCUT2D eigenvalue weighted by Crippen LogP contribution is -2.30. The number of rotatable bonds is 2. The highest BCUT2D eigenvalue weighted by molar-refractivity contribution is 6.34. The number of nitrogens with zero attached hydrogens (tertiary/aromatic N) is 1. The van der Waals surface area contributed by atoms with Gasteiger partial charge < -0.3 is 5.32 Å². The predicted molar refractivity (Wildman–Crippen MR) is 89.4 cm³/mol. The molecule has 8 heteroatoms. The number of imide groups is 1. The normalized spacial score (nSPS) is 19.4. The van der Waals surface area contributed by atoms with Crippen molar-refractivity contribution in [2.45, 2.75) is 18.5 Å². The molecule has 2 aliphatic heterocycles. The third kappa shape index (κ3) is 2.87. The molecule has 1 fully saturated rings. The lowest BCUT2D eigenvalue weighted by Gasteiger charge is -2.19. The topological polar surface area (TPSA) is 66.5 Å². The minimum Gasteiger partial charge on any atom is -0.355 e. The first-order chi connectivity index (χ1) is 12.8. The number of hydrogen-bond donors (Lipinski definition) is 1. The molecule has 2 heterocycles. The van der Waals surface area contributed by atoms with Gasteiger partial charge in [-0.2, -0.15) is 13.2 Å². The molecule has 1 N–H and O–H groups in total. The highest BCUT2D eigenvalue weighted by atomic mass is 19.4. The Morgan fingerprint density at radius 3 is 2.11 bits per heavy atom. The Bertz CT molecular complexity index is 949. The molecule has 5 nitrogen and oxygen atoms in total. The molecule has 0 saturated carbocycles. The number of fused-ring (bicyclic) bond motifs is 1. The van der Waals surface area contributed by atoms with Crippen molar-refractivity contribution in [2.75, 3.05) is 11.4 Å². The first-order valence-electron chi connectivity index (χ1n) is 8.22. The van der Waals surface area contributed by atoms with Gasteiger partial charge in [0, 0.05) is 18.9 Å². The van der Waals surface area contributed by atoms with Crippen LogP contribution in [-0.2, 0) is 11.0 Å². The monoisotopic (exact) mass is 374 g/mol. The fourth-order valence-electron chi connectivity index (χ4n) is 3.43. The van der Waals surface area contributed by atoms with Crippen LogP contribution in [0.15, 0.2) is 42.5 Å². The average molecular weight is 374 g/mol. The Kier molecular flexibility index (Phi) is 3.80. The van der Waals surface area contributed by atoms with Crippen molar-refractivity contribution >= 4 is 23.4 Å². The van der Waals surface area contributed by atoms with E-state index in [-0.39, 0.29) is 41.3 Å². The summed E-state index contributed by atoms with van der Waals surface area (Å²) in [5.41, 5.74) is -0.552. The van der Waals surface area contributed by atoms with Crippen LogP contribution in [-0.4, -0.2) is 24.3 Å². The number of amides is 3. The second-order valence-electron chi connectivity index (χ2n) is 6.51. The maximum atomic E-state index is 13.4. The van der Waals surface area contributed by atoms with Crippen LogP contribution < -0.4 is 10.2 Å². The first kappa shape index (κ1) is 17.3. The standard InChI is InChI=1S/C19H13F3N2O3/c20-19(21,22)12-5-10(11-7-16(25)23-9-11)6-13(8-12)24-17(26)14-3-1-2-4-15(14)18(24)27/h1-6,8,11H,7,9H2,(H,23,25). The Labute approximate surface area is 151 Å². The van der Waals surface area contributed by atoms with Crippen LogP contribution in [0.3, 0.4) is 0 Å². The molecule has 2 aliphatic rings. The van der Waals surface area contributed by atoms with E-state index < -0.39 is 29.5 Å². The molecule has 1 atom stereocenters. The molecular formula is C19H13F3N2O3. The third-order valence-electron chi connectivity index (χ3n) is 4.77. The van der Waals surface area contributed by atoms with E-state index >= 15 is 0 Å². The van der Waals surface area contributed by atoms with Gasteiger partial charge in [-0.15, -0.1) is 0 Å². The zero-order chi connectivity index (χ0) is 19.3. The van der Waals surface area contributed by atoms with Crippen molar-refractivity contribution in [3.8, 4) is 0 Å². The predicted octanol–water partition coefficient (Wildman–Crippen LogP) is 3.11. The molecule has 1 unspecified atom stereocenters. The van der Waals surface area contributed by atoms with Crippen LogP contribution >= 0.6 is 0 Å². The van der Waals surface area contributed by atoms with E-state index in [1.165, 1.54) is 18.2 Å². The Morgan fingerprint density at radius 1 is 0.963 bits per heavy atom. The number of halogens is 3. The summed E-state index contributed by atoms with van der Waals surface area (Å²) in [7, 11) is 0. The molecule has 2 aromatic rings. The van der Waals surface area contributed by atoms with Gasteiger partial charge >= 0.3 is 6.18 Å². The summed E-state index contributed by atoms with van der Waals surface area (Å²) in [5.74, 6) is -2.03. The second-order valence-corrected chi connectivity index (χ2v) is 6.51. The van der Waals surface area contributed by atoms with E-state index in [2.05, 4.69) is 5.32 Å². The maximum Gasteiger partial charge on any atom is 0.416 e. The van der Waals surface area contributed by atoms with Crippen molar-refractivity contribution in [2.24, 2.45) is 0 Å². The van der Waals surface area contributed by atoms with Gasteiger partial charge in [-0.05, 0) is 35.9 Å². The van der Waals surface area contributed by atoms with Crippen molar-refractivity contribution in [1.82, 2.24) is 5.32 Å². The molecule has 1 saturated heterocycles. The summed E-state index contributed by atoms with van der Waals surface area (Å²) in [6.45, 7) is 0.210. The molecule has 2 aromatic carbocycles. The van der Waals surface area contributed by atoms with Gasteiger partial charge in [0.1, 0.15) is 0 Å². The van der Waals surface area contributed by atoms with Gasteiger partial charge in [0.15, 0.2) is 0 Å². The van der Waals surface area contributed by atoms with Gasteiger partial charge in [-0.25, -0.2) is 4.90 Å². The zero-order valence-electron chi connectivity index (χ0n) is 13.8. The average Bonchev–Trinajstić information content (AvgIpc) is 3.17. The molecule has 4 rings (SSSR count). The fraction of sp³-hybridized carbons (Fsp3) is 0.211. The van der Waals surface area contributed by atoms with Crippen LogP contribution in [0.5, 0.6) is 0 Å². The van der Waals surface area contributed by atoms with Gasteiger partial charge in [0.2, 0.25) is 5.91 Å². The fourth-order valence-corrected chi connectivity index (χ4v) is 3.43. The van der Waals surface area contributed by atoms with Crippen molar-refractivity contribution in [3.05, 3.63) is 64.7 Å². The lowest BCUT2D eigenvalue weighted by molar-refractivity contribution is -0.137. The van der Waals surface area contributed by atoms with Crippen LogP contribution in [0.4, 0.5) is 18.9 Å². The minimum absolute atomic E-state index is 0.0584. The summed E-state index contributed by atoms with van der Waals surface area (Å²) in [5, 5.41) is 2.58. The summed E-state index contributed by atoms with van der Waals surface area (Å²) in [4.78, 5) is 37.4. The Hall–Kier alpha value is -3.16. The van der Waals surface area contributed by atoms with Gasteiger partial charge in [-0.3, -0.25) is 14.4 Å². The van der Waals surface area contributed by atoms with Gasteiger partial charge in [0.05, 0.1) is 22.4 Å². The molecule has 0 radical (unpaired) electrons. The molecule has 0 aromatic heterocycles. The largest absolute Gasteiger partial charge is 0.416 e. The Balaban J connectivity index is 1.82. The van der Waals surface area contributed by atoms with Crippen molar-refractivity contribution < 1.29 is 27.6 Å². The quantitative estimate of drug-likeness (QED) is 0.822. The summed E-state index contributed by atoms with van der Waals surface area (Å²) in [6.07, 6.45) is -4.59. The smallest absolute Gasteiger partial charge is 0.355 e. The third-order valence-corrected chi connectivity index (χ3v) is 4.77. The molecule has 27 heavy (non-hydrogen) atoms. The van der Waals surface area contributed by atoms with Gasteiger partial charge in [-0.1, -0.05) is 12.1 Å². The Morgan fingerprint density at radius 2 is 1.59 bits per heavy atom. The number of hydrogen-bond acceptors (Lipinski definition) is 3. The van der Waals surface area contributed by atoms with Crippen LogP contribution in [0.1, 0.15) is 44.2 Å². The molecule has 138 valence electrons. The second kappa shape index (κ2) is 5.94. The highest BCUT2D eigenvalue weighted by Gasteiger charge is 2.39. The van der Waals surface area contributed by atoms with Gasteiger partial charge in [0.25, 0.3) is 11.8 Å². The van der Waals surface area contributed by atoms with E-state index in [1.54, 1.807) is 12.1 Å². The van der Waals surface area contributed by atoms with E-state index in [0.717, 1.165) is 17.0 Å². The molecule has 0 spiro atoms. The number of anilines is 1. The summed E-state index contributed by atoms with van der Waals surface area (Å²) >= 11 is 0. The molecule has 3 amide bonds. The minimum atomic E-state index is -4.65.